The summed E-state index contributed by atoms with van der Waals surface area (Å²) < 4.78 is 4.57. The fraction of sp³-hybridized carbons (Fsp3) is 0.800. The Labute approximate surface area is 90.1 Å². The first-order chi connectivity index (χ1) is 6.77. The molecule has 0 saturated heterocycles. The Kier molecular flexibility index (Phi) is 5.46. The lowest BCUT2D eigenvalue weighted by molar-refractivity contribution is -0.162. The van der Waals surface area contributed by atoms with Gasteiger partial charge < -0.3 is 16.2 Å². The number of hydrogen-bond acceptors (Lipinski definition) is 5. The molecule has 5 heteroatoms. The smallest absolute Gasteiger partial charge is 0.330 e. The third-order valence-electron chi connectivity index (χ3n) is 2.18. The molecule has 0 radical (unpaired) electrons. The van der Waals surface area contributed by atoms with E-state index in [4.69, 9.17) is 11.5 Å². The molecule has 5 nitrogen and oxygen atoms in total. The van der Waals surface area contributed by atoms with Crippen LogP contribution in [0.15, 0.2) is 0 Å². The molecule has 0 spiro atoms. The molecule has 2 atom stereocenters. The molecular weight excluding hydrogens is 196 g/mol. The summed E-state index contributed by atoms with van der Waals surface area (Å²) in [6.45, 7) is 7.11. The highest BCUT2D eigenvalue weighted by Gasteiger charge is 2.26. The van der Waals surface area contributed by atoms with Crippen molar-refractivity contribution in [3.8, 4) is 0 Å². The van der Waals surface area contributed by atoms with Crippen LogP contribution in [0.1, 0.15) is 27.7 Å². The molecule has 0 rings (SSSR count). The molecule has 0 fully saturated rings. The Morgan fingerprint density at radius 1 is 0.867 bits per heavy atom. The van der Waals surface area contributed by atoms with Crippen molar-refractivity contribution in [2.75, 3.05) is 0 Å². The van der Waals surface area contributed by atoms with Crippen LogP contribution in [0, 0.1) is 11.8 Å². The molecule has 0 aromatic rings. The predicted molar refractivity (Wildman–Crippen MR) is 56.7 cm³/mol. The van der Waals surface area contributed by atoms with E-state index in [-0.39, 0.29) is 11.8 Å². The van der Waals surface area contributed by atoms with Crippen LogP contribution >= 0.6 is 0 Å². The average molecular weight is 216 g/mol. The maximum Gasteiger partial charge on any atom is 0.330 e. The monoisotopic (exact) mass is 216 g/mol. The van der Waals surface area contributed by atoms with Gasteiger partial charge in [0.15, 0.2) is 0 Å². The minimum atomic E-state index is -0.784. The van der Waals surface area contributed by atoms with E-state index < -0.39 is 24.0 Å². The van der Waals surface area contributed by atoms with Gasteiger partial charge in [-0.3, -0.25) is 0 Å². The van der Waals surface area contributed by atoms with Gasteiger partial charge in [-0.1, -0.05) is 27.7 Å². The van der Waals surface area contributed by atoms with Crippen molar-refractivity contribution in [3.05, 3.63) is 0 Å². The van der Waals surface area contributed by atoms with Gasteiger partial charge in [0.1, 0.15) is 12.1 Å². The molecule has 0 aliphatic heterocycles. The van der Waals surface area contributed by atoms with Gasteiger partial charge in [-0.25, -0.2) is 9.59 Å². The molecular formula is C10H20N2O3. The Bertz CT molecular complexity index is 215. The molecule has 0 aromatic heterocycles. The van der Waals surface area contributed by atoms with E-state index in [1.54, 1.807) is 27.7 Å². The second-order valence-electron chi connectivity index (χ2n) is 4.28. The van der Waals surface area contributed by atoms with Crippen LogP contribution in [0.3, 0.4) is 0 Å². The summed E-state index contributed by atoms with van der Waals surface area (Å²) >= 11 is 0. The minimum absolute atomic E-state index is 0.0689. The van der Waals surface area contributed by atoms with Crippen molar-refractivity contribution in [3.63, 3.8) is 0 Å². The van der Waals surface area contributed by atoms with E-state index in [0.29, 0.717) is 0 Å². The van der Waals surface area contributed by atoms with Crippen LogP contribution in [-0.2, 0) is 14.3 Å². The first kappa shape index (κ1) is 14.1. The van der Waals surface area contributed by atoms with E-state index in [2.05, 4.69) is 4.74 Å². The maximum atomic E-state index is 11.3. The third kappa shape index (κ3) is 4.40. The van der Waals surface area contributed by atoms with Gasteiger partial charge in [-0.05, 0) is 11.8 Å². The van der Waals surface area contributed by atoms with Gasteiger partial charge >= 0.3 is 11.9 Å². The summed E-state index contributed by atoms with van der Waals surface area (Å²) in [5, 5.41) is 0. The van der Waals surface area contributed by atoms with Crippen molar-refractivity contribution in [1.82, 2.24) is 0 Å². The molecule has 88 valence electrons. The molecule has 4 N–H and O–H groups in total. The Morgan fingerprint density at radius 2 is 1.13 bits per heavy atom. The Morgan fingerprint density at radius 3 is 1.33 bits per heavy atom. The lowest BCUT2D eigenvalue weighted by Crippen LogP contribution is -2.43. The maximum absolute atomic E-state index is 11.3. The van der Waals surface area contributed by atoms with Crippen molar-refractivity contribution in [1.29, 1.82) is 0 Å². The van der Waals surface area contributed by atoms with Crippen LogP contribution in [0.2, 0.25) is 0 Å². The third-order valence-corrected chi connectivity index (χ3v) is 2.18. The van der Waals surface area contributed by atoms with Gasteiger partial charge in [0.2, 0.25) is 0 Å². The SMILES string of the molecule is CC(C)C(N)C(=O)OC(=O)[C@@H](N)C(C)C. The summed E-state index contributed by atoms with van der Waals surface area (Å²) in [7, 11) is 0. The van der Waals surface area contributed by atoms with Crippen LogP contribution in [0.4, 0.5) is 0 Å². The molecule has 0 aliphatic rings. The minimum Gasteiger partial charge on any atom is -0.391 e. The number of carbonyl (C=O) groups is 2. The van der Waals surface area contributed by atoms with Gasteiger partial charge in [0, 0.05) is 0 Å². The first-order valence-electron chi connectivity index (χ1n) is 5.04. The molecule has 0 aliphatic carbocycles. The Hall–Kier alpha value is -0.940. The summed E-state index contributed by atoms with van der Waals surface area (Å²) in [6, 6.07) is -1.57. The van der Waals surface area contributed by atoms with Gasteiger partial charge in [-0.2, -0.15) is 0 Å². The molecule has 0 amide bonds. The van der Waals surface area contributed by atoms with Gasteiger partial charge in [0.25, 0.3) is 0 Å². The zero-order valence-electron chi connectivity index (χ0n) is 9.69. The van der Waals surface area contributed by atoms with Crippen LogP contribution in [0.5, 0.6) is 0 Å². The van der Waals surface area contributed by atoms with Crippen molar-refractivity contribution in [2.45, 2.75) is 39.8 Å². The largest absolute Gasteiger partial charge is 0.391 e. The van der Waals surface area contributed by atoms with Crippen LogP contribution in [-0.4, -0.2) is 24.0 Å². The second kappa shape index (κ2) is 5.82. The van der Waals surface area contributed by atoms with E-state index in [1.165, 1.54) is 0 Å². The number of carbonyl (C=O) groups excluding carboxylic acids is 2. The number of ether oxygens (including phenoxy) is 1. The standard InChI is InChI=1S/C10H20N2O3/c1-5(2)7(11)9(13)15-10(14)8(12)6(3)4/h5-8H,11-12H2,1-4H3/t7-,8?/m0/s1. The molecule has 0 heterocycles. The average Bonchev–Trinajstić information content (AvgIpc) is 2.14. The number of rotatable bonds is 4. The first-order valence-corrected chi connectivity index (χ1v) is 5.04. The van der Waals surface area contributed by atoms with Gasteiger partial charge in [0.05, 0.1) is 0 Å². The summed E-state index contributed by atoms with van der Waals surface area (Å²) in [5.41, 5.74) is 11.0. The molecule has 1 unspecified atom stereocenters. The molecule has 0 bridgehead atoms. The summed E-state index contributed by atoms with van der Waals surface area (Å²) in [4.78, 5) is 22.6. The fourth-order valence-corrected chi connectivity index (χ4v) is 0.780. The highest BCUT2D eigenvalue weighted by Crippen LogP contribution is 2.04. The number of hydrogen-bond donors (Lipinski definition) is 2. The number of nitrogens with two attached hydrogens (primary N) is 2. The molecule has 0 aromatic carbocycles. The van der Waals surface area contributed by atoms with Crippen LogP contribution < -0.4 is 11.5 Å². The van der Waals surface area contributed by atoms with Crippen molar-refractivity contribution < 1.29 is 14.3 Å². The van der Waals surface area contributed by atoms with Crippen molar-refractivity contribution in [2.24, 2.45) is 23.3 Å². The number of esters is 2. The summed E-state index contributed by atoms with van der Waals surface area (Å²) in [5.74, 6) is -1.57. The molecule has 0 saturated carbocycles. The lowest BCUT2D eigenvalue weighted by Gasteiger charge is -2.17. The normalized spacial score (nSPS) is 15.2. The Balaban J connectivity index is 4.25. The van der Waals surface area contributed by atoms with E-state index in [9.17, 15) is 9.59 Å². The highest BCUT2D eigenvalue weighted by molar-refractivity contribution is 5.90. The zero-order valence-corrected chi connectivity index (χ0v) is 9.69. The van der Waals surface area contributed by atoms with Crippen LogP contribution in [0.25, 0.3) is 0 Å². The second-order valence-corrected chi connectivity index (χ2v) is 4.28. The van der Waals surface area contributed by atoms with E-state index in [1.807, 2.05) is 0 Å². The van der Waals surface area contributed by atoms with E-state index in [0.717, 1.165) is 0 Å². The lowest BCUT2D eigenvalue weighted by atomic mass is 10.1. The highest BCUT2D eigenvalue weighted by atomic mass is 16.6. The van der Waals surface area contributed by atoms with Gasteiger partial charge in [-0.15, -0.1) is 0 Å². The quantitative estimate of drug-likeness (QED) is 0.510. The van der Waals surface area contributed by atoms with E-state index >= 15 is 0 Å². The summed E-state index contributed by atoms with van der Waals surface area (Å²) in [6.07, 6.45) is 0. The zero-order chi connectivity index (χ0) is 12.2. The topological polar surface area (TPSA) is 95.4 Å². The fourth-order valence-electron chi connectivity index (χ4n) is 0.780. The predicted octanol–water partition coefficient (Wildman–Crippen LogP) is 0.0228. The van der Waals surface area contributed by atoms with Crippen molar-refractivity contribution >= 4 is 11.9 Å². The molecule has 15 heavy (non-hydrogen) atoms.